The van der Waals surface area contributed by atoms with Gasteiger partial charge in [-0.3, -0.25) is 4.79 Å². The standard InChI is InChI=1S/C16H23FN2O2/c1-3-18-12(2)14-7-6-13(10-15(14)17)21-11-16(20)19-8-4-5-9-19/h6-7,10,12,18H,3-5,8-9,11H2,1-2H3. The van der Waals surface area contributed by atoms with Crippen LogP contribution in [-0.2, 0) is 4.79 Å². The van der Waals surface area contributed by atoms with Crippen molar-refractivity contribution >= 4 is 5.91 Å². The summed E-state index contributed by atoms with van der Waals surface area (Å²) in [4.78, 5) is 13.7. The van der Waals surface area contributed by atoms with Crippen molar-refractivity contribution in [2.24, 2.45) is 0 Å². The first-order valence-electron chi connectivity index (χ1n) is 7.55. The Bertz CT molecular complexity index is 487. The van der Waals surface area contributed by atoms with Crippen LogP contribution in [0.5, 0.6) is 5.75 Å². The number of amides is 1. The molecule has 21 heavy (non-hydrogen) atoms. The molecular weight excluding hydrogens is 271 g/mol. The first kappa shape index (κ1) is 15.8. The van der Waals surface area contributed by atoms with E-state index >= 15 is 0 Å². The van der Waals surface area contributed by atoms with Crippen molar-refractivity contribution in [3.05, 3.63) is 29.6 Å². The molecule has 1 aromatic rings. The molecular formula is C16H23FN2O2. The number of likely N-dealkylation sites (tertiary alicyclic amines) is 1. The first-order chi connectivity index (χ1) is 10.1. The Hall–Kier alpha value is -1.62. The van der Waals surface area contributed by atoms with Crippen LogP contribution in [0.15, 0.2) is 18.2 Å². The Balaban J connectivity index is 1.92. The molecule has 1 saturated heterocycles. The van der Waals surface area contributed by atoms with Crippen LogP contribution in [0, 0.1) is 5.82 Å². The van der Waals surface area contributed by atoms with Gasteiger partial charge in [0.15, 0.2) is 6.61 Å². The normalized spacial score (nSPS) is 16.0. The van der Waals surface area contributed by atoms with E-state index in [-0.39, 0.29) is 24.4 Å². The number of nitrogens with one attached hydrogen (secondary N) is 1. The SMILES string of the molecule is CCNC(C)c1ccc(OCC(=O)N2CCCC2)cc1F. The van der Waals surface area contributed by atoms with E-state index in [2.05, 4.69) is 5.32 Å². The lowest BCUT2D eigenvalue weighted by Crippen LogP contribution is -2.32. The summed E-state index contributed by atoms with van der Waals surface area (Å²) in [6.07, 6.45) is 2.11. The van der Waals surface area contributed by atoms with E-state index in [9.17, 15) is 9.18 Å². The lowest BCUT2D eigenvalue weighted by molar-refractivity contribution is -0.132. The molecule has 1 fully saturated rings. The topological polar surface area (TPSA) is 41.6 Å². The van der Waals surface area contributed by atoms with E-state index in [0.717, 1.165) is 32.5 Å². The van der Waals surface area contributed by atoms with E-state index in [1.165, 1.54) is 6.07 Å². The molecule has 0 aliphatic carbocycles. The van der Waals surface area contributed by atoms with Crippen LogP contribution >= 0.6 is 0 Å². The minimum atomic E-state index is -0.311. The van der Waals surface area contributed by atoms with Gasteiger partial charge in [0.25, 0.3) is 5.91 Å². The molecule has 0 spiro atoms. The predicted octanol–water partition coefficient (Wildman–Crippen LogP) is 2.50. The second-order valence-electron chi connectivity index (χ2n) is 5.34. The number of carbonyl (C=O) groups is 1. The molecule has 1 unspecified atom stereocenters. The Morgan fingerprint density at radius 3 is 2.76 bits per heavy atom. The predicted molar refractivity (Wildman–Crippen MR) is 79.8 cm³/mol. The average molecular weight is 294 g/mol. The largest absolute Gasteiger partial charge is 0.484 e. The van der Waals surface area contributed by atoms with Gasteiger partial charge in [0, 0.05) is 30.8 Å². The molecule has 0 bridgehead atoms. The molecule has 0 aromatic heterocycles. The zero-order valence-corrected chi connectivity index (χ0v) is 12.7. The lowest BCUT2D eigenvalue weighted by Gasteiger charge is -2.17. The van der Waals surface area contributed by atoms with Crippen molar-refractivity contribution in [3.63, 3.8) is 0 Å². The highest BCUT2D eigenvalue weighted by Gasteiger charge is 2.18. The minimum absolute atomic E-state index is 0.0262. The van der Waals surface area contributed by atoms with Crippen LogP contribution in [0.25, 0.3) is 0 Å². The number of hydrogen-bond acceptors (Lipinski definition) is 3. The monoisotopic (exact) mass is 294 g/mol. The summed E-state index contributed by atoms with van der Waals surface area (Å²) in [5.74, 6) is 0.0556. The number of ether oxygens (including phenoxy) is 1. The Labute approximate surface area is 125 Å². The van der Waals surface area contributed by atoms with Crippen molar-refractivity contribution in [2.75, 3.05) is 26.2 Å². The zero-order valence-electron chi connectivity index (χ0n) is 12.7. The van der Waals surface area contributed by atoms with Gasteiger partial charge in [0.2, 0.25) is 0 Å². The van der Waals surface area contributed by atoms with E-state index in [1.807, 2.05) is 13.8 Å². The molecule has 1 aliphatic rings. The van der Waals surface area contributed by atoms with Crippen molar-refractivity contribution in [2.45, 2.75) is 32.7 Å². The average Bonchev–Trinajstić information content (AvgIpc) is 2.99. The zero-order chi connectivity index (χ0) is 15.2. The molecule has 1 amide bonds. The molecule has 2 rings (SSSR count). The molecule has 1 aliphatic heterocycles. The molecule has 4 nitrogen and oxygen atoms in total. The van der Waals surface area contributed by atoms with Gasteiger partial charge in [-0.1, -0.05) is 13.0 Å². The summed E-state index contributed by atoms with van der Waals surface area (Å²) >= 11 is 0. The van der Waals surface area contributed by atoms with Gasteiger partial charge < -0.3 is 15.0 Å². The molecule has 1 atom stereocenters. The number of carbonyl (C=O) groups excluding carboxylic acids is 1. The van der Waals surface area contributed by atoms with Crippen molar-refractivity contribution in [1.82, 2.24) is 10.2 Å². The van der Waals surface area contributed by atoms with Gasteiger partial charge in [-0.2, -0.15) is 0 Å². The summed E-state index contributed by atoms with van der Waals surface area (Å²) in [5.41, 5.74) is 0.607. The van der Waals surface area contributed by atoms with Crippen molar-refractivity contribution < 1.29 is 13.9 Å². The Morgan fingerprint density at radius 2 is 2.14 bits per heavy atom. The molecule has 1 aromatic carbocycles. The molecule has 5 heteroatoms. The molecule has 1 heterocycles. The third-order valence-corrected chi connectivity index (χ3v) is 3.77. The summed E-state index contributed by atoms with van der Waals surface area (Å²) in [6, 6.07) is 4.72. The van der Waals surface area contributed by atoms with Gasteiger partial charge in [-0.15, -0.1) is 0 Å². The third kappa shape index (κ3) is 4.17. The fourth-order valence-corrected chi connectivity index (χ4v) is 2.57. The maximum absolute atomic E-state index is 14.0. The lowest BCUT2D eigenvalue weighted by atomic mass is 10.1. The van der Waals surface area contributed by atoms with Crippen LogP contribution in [0.2, 0.25) is 0 Å². The Morgan fingerprint density at radius 1 is 1.43 bits per heavy atom. The van der Waals surface area contributed by atoms with Gasteiger partial charge in [0.1, 0.15) is 11.6 Å². The van der Waals surface area contributed by atoms with Crippen LogP contribution in [-0.4, -0.2) is 37.0 Å². The highest BCUT2D eigenvalue weighted by Crippen LogP contribution is 2.22. The van der Waals surface area contributed by atoms with Crippen molar-refractivity contribution in [3.8, 4) is 5.75 Å². The maximum atomic E-state index is 14.0. The fourth-order valence-electron chi connectivity index (χ4n) is 2.57. The second kappa shape index (κ2) is 7.41. The fraction of sp³-hybridized carbons (Fsp3) is 0.562. The van der Waals surface area contributed by atoms with E-state index in [1.54, 1.807) is 17.0 Å². The Kier molecular flexibility index (Phi) is 5.56. The van der Waals surface area contributed by atoms with Crippen LogP contribution in [0.1, 0.15) is 38.3 Å². The summed E-state index contributed by atoms with van der Waals surface area (Å²) in [6.45, 7) is 6.26. The molecule has 116 valence electrons. The number of benzene rings is 1. The smallest absolute Gasteiger partial charge is 0.260 e. The third-order valence-electron chi connectivity index (χ3n) is 3.77. The van der Waals surface area contributed by atoms with Crippen LogP contribution < -0.4 is 10.1 Å². The molecule has 1 N–H and O–H groups in total. The molecule has 0 saturated carbocycles. The van der Waals surface area contributed by atoms with E-state index < -0.39 is 0 Å². The quantitative estimate of drug-likeness (QED) is 0.876. The summed E-state index contributed by atoms with van der Waals surface area (Å²) in [7, 11) is 0. The van der Waals surface area contributed by atoms with Crippen LogP contribution in [0.3, 0.4) is 0 Å². The second-order valence-corrected chi connectivity index (χ2v) is 5.34. The summed E-state index contributed by atoms with van der Waals surface area (Å²) < 4.78 is 19.4. The van der Waals surface area contributed by atoms with E-state index in [0.29, 0.717) is 11.3 Å². The first-order valence-corrected chi connectivity index (χ1v) is 7.55. The number of nitrogens with zero attached hydrogens (tertiary/aromatic N) is 1. The van der Waals surface area contributed by atoms with Crippen molar-refractivity contribution in [1.29, 1.82) is 0 Å². The summed E-state index contributed by atoms with van der Waals surface area (Å²) in [5, 5.41) is 3.17. The highest BCUT2D eigenvalue weighted by molar-refractivity contribution is 5.78. The van der Waals surface area contributed by atoms with Crippen LogP contribution in [0.4, 0.5) is 4.39 Å². The van der Waals surface area contributed by atoms with Gasteiger partial charge in [-0.25, -0.2) is 4.39 Å². The van der Waals surface area contributed by atoms with E-state index in [4.69, 9.17) is 4.74 Å². The number of halogens is 1. The highest BCUT2D eigenvalue weighted by atomic mass is 19.1. The maximum Gasteiger partial charge on any atom is 0.260 e. The van der Waals surface area contributed by atoms with Gasteiger partial charge in [-0.05, 0) is 32.4 Å². The van der Waals surface area contributed by atoms with Gasteiger partial charge in [0.05, 0.1) is 0 Å². The van der Waals surface area contributed by atoms with Gasteiger partial charge >= 0.3 is 0 Å². The number of rotatable bonds is 6. The molecule has 0 radical (unpaired) electrons. The minimum Gasteiger partial charge on any atom is -0.484 e. The number of hydrogen-bond donors (Lipinski definition) is 1.